The number of amides is 1. The topological polar surface area (TPSA) is 147 Å². The summed E-state index contributed by atoms with van der Waals surface area (Å²) < 4.78 is 31.9. The number of nitrogens with one attached hydrogen (secondary N) is 2. The van der Waals surface area contributed by atoms with E-state index in [0.29, 0.717) is 43.1 Å². The minimum Gasteiger partial charge on any atom is -0.460 e. The molecule has 1 aromatic rings. The Balaban J connectivity index is 1.19. The maximum atomic E-state index is 12.5. The van der Waals surface area contributed by atoms with Crippen LogP contribution in [0.25, 0.3) is 0 Å². The van der Waals surface area contributed by atoms with Gasteiger partial charge >= 0.3 is 26.3 Å². The van der Waals surface area contributed by atoms with Crippen LogP contribution in [0.15, 0.2) is 15.8 Å². The Kier molecular flexibility index (Phi) is 13.9. The van der Waals surface area contributed by atoms with E-state index in [4.69, 9.17) is 23.1 Å². The molecular weight excluding hydrogens is 634 g/mol. The average Bonchev–Trinajstić information content (AvgIpc) is 3.49. The summed E-state index contributed by atoms with van der Waals surface area (Å²) in [6.45, 7) is 13.2. The maximum absolute atomic E-state index is 12.5. The highest BCUT2D eigenvalue weighted by atomic mass is 28.4. The molecule has 1 amide bonds. The van der Waals surface area contributed by atoms with Crippen molar-refractivity contribution in [1.29, 1.82) is 0 Å². The predicted molar refractivity (Wildman–Crippen MR) is 183 cm³/mol. The largest absolute Gasteiger partial charge is 0.460 e. The average molecular weight is 690 g/mol. The first-order valence-corrected chi connectivity index (χ1v) is 19.7. The number of aromatic nitrogens is 2. The van der Waals surface area contributed by atoms with Crippen molar-refractivity contribution in [3.63, 3.8) is 0 Å². The number of carbonyl (C=O) groups excluding carboxylic acids is 2. The minimum absolute atomic E-state index is 0.142. The standard InChI is InChI=1S/C35H55N3O9Si/c1-23(2)48(24(3)4,45-22-31-30(46-26(6)39)19-32(47-31)38-20-25(5)33(40)37-34(38)41)44-18-14-10-9-13-17-36-35(42)43-21-29-27-15-11-7-8-12-16-28(27)29/h20,23-24,27-32H,9-19,21-22H2,1-6H3,(H,36,42)(H,37,40,41)/t27-,28+,29?,30-,31-,32-/m1/s1. The van der Waals surface area contributed by atoms with E-state index >= 15 is 0 Å². The second-order valence-electron chi connectivity index (χ2n) is 14.0. The highest BCUT2D eigenvalue weighted by Gasteiger charge is 2.49. The van der Waals surface area contributed by atoms with E-state index in [1.165, 1.54) is 17.7 Å². The predicted octanol–water partition coefficient (Wildman–Crippen LogP) is 5.09. The Labute approximate surface area is 285 Å². The summed E-state index contributed by atoms with van der Waals surface area (Å²) in [5, 5.41) is 2.89. The lowest BCUT2D eigenvalue weighted by Crippen LogP contribution is -2.50. The number of H-pyrrole nitrogens is 1. The molecule has 0 aromatic carbocycles. The molecule has 13 heteroatoms. The number of carbonyl (C=O) groups is 2. The highest BCUT2D eigenvalue weighted by Crippen LogP contribution is 2.52. The summed E-state index contributed by atoms with van der Waals surface area (Å²) in [4.78, 5) is 50.8. The number of aryl methyl sites for hydroxylation is 1. The van der Waals surface area contributed by atoms with Gasteiger partial charge in [-0.05, 0) is 61.4 Å². The van der Waals surface area contributed by atoms with Crippen LogP contribution in [0.5, 0.6) is 0 Å². The Hall–Kier alpha value is -2.92. The number of aromatic amines is 1. The van der Waals surface area contributed by atoms with Gasteiger partial charge in [-0.1, -0.05) is 40.5 Å². The fourth-order valence-electron chi connectivity index (χ4n) is 7.25. The summed E-state index contributed by atoms with van der Waals surface area (Å²) in [6, 6.07) is 0. The molecule has 1 saturated heterocycles. The quantitative estimate of drug-likeness (QED) is 0.0989. The number of alkyl carbamates (subject to hydrolysis) is 1. The van der Waals surface area contributed by atoms with Gasteiger partial charge in [-0.2, -0.15) is 0 Å². The number of hydrogen-bond acceptors (Lipinski definition) is 9. The van der Waals surface area contributed by atoms with Crippen LogP contribution in [0, 0.1) is 36.5 Å². The van der Waals surface area contributed by atoms with Gasteiger partial charge < -0.3 is 28.4 Å². The number of esters is 1. The van der Waals surface area contributed by atoms with Gasteiger partial charge in [0.1, 0.15) is 18.4 Å². The third kappa shape index (κ3) is 10.1. The van der Waals surface area contributed by atoms with Gasteiger partial charge in [-0.15, -0.1) is 11.8 Å². The molecule has 1 saturated carbocycles. The van der Waals surface area contributed by atoms with Gasteiger partial charge in [0.05, 0.1) is 13.2 Å². The van der Waals surface area contributed by atoms with Gasteiger partial charge in [0, 0.05) is 51.1 Å². The van der Waals surface area contributed by atoms with Crippen molar-refractivity contribution < 1.29 is 32.7 Å². The van der Waals surface area contributed by atoms with Gasteiger partial charge in [0.2, 0.25) is 0 Å². The smallest absolute Gasteiger partial charge is 0.407 e. The molecule has 2 N–H and O–H groups in total. The first kappa shape index (κ1) is 37.9. The van der Waals surface area contributed by atoms with Crippen LogP contribution in [-0.2, 0) is 27.9 Å². The zero-order valence-electron chi connectivity index (χ0n) is 29.5. The fourth-order valence-corrected chi connectivity index (χ4v) is 10.9. The van der Waals surface area contributed by atoms with Gasteiger partial charge in [-0.3, -0.25) is 19.1 Å². The zero-order valence-corrected chi connectivity index (χ0v) is 30.5. The molecule has 1 aromatic heterocycles. The Morgan fingerprint density at radius 3 is 2.33 bits per heavy atom. The third-order valence-corrected chi connectivity index (χ3v) is 14.4. The molecule has 2 aliphatic carbocycles. The van der Waals surface area contributed by atoms with Crippen LogP contribution >= 0.6 is 0 Å². The summed E-state index contributed by atoms with van der Waals surface area (Å²) in [7, 11) is -2.75. The molecule has 0 spiro atoms. The number of rotatable bonds is 17. The molecule has 3 aliphatic rings. The lowest BCUT2D eigenvalue weighted by Gasteiger charge is -2.38. The van der Waals surface area contributed by atoms with Crippen molar-refractivity contribution in [2.45, 2.75) is 129 Å². The second-order valence-corrected chi connectivity index (χ2v) is 18.4. The molecular formula is C35H55N3O9Si. The Morgan fingerprint density at radius 2 is 1.69 bits per heavy atom. The number of fused-ring (bicyclic) bond motifs is 1. The van der Waals surface area contributed by atoms with Crippen molar-refractivity contribution >= 4 is 20.6 Å². The lowest BCUT2D eigenvalue weighted by atomic mass is 10.1. The van der Waals surface area contributed by atoms with Crippen LogP contribution in [0.4, 0.5) is 4.79 Å². The lowest BCUT2D eigenvalue weighted by molar-refractivity contribution is -0.150. The first-order chi connectivity index (χ1) is 22.9. The minimum atomic E-state index is -2.75. The van der Waals surface area contributed by atoms with Crippen LogP contribution in [-0.4, -0.2) is 68.7 Å². The summed E-state index contributed by atoms with van der Waals surface area (Å²) in [6.07, 6.45) is 7.24. The van der Waals surface area contributed by atoms with Gasteiger partial charge in [0.15, 0.2) is 0 Å². The second kappa shape index (κ2) is 17.6. The van der Waals surface area contributed by atoms with E-state index in [1.54, 1.807) is 6.92 Å². The van der Waals surface area contributed by atoms with Crippen molar-refractivity contribution in [3.05, 3.63) is 32.6 Å². The molecule has 1 unspecified atom stereocenters. The molecule has 0 bridgehead atoms. The molecule has 2 fully saturated rings. The van der Waals surface area contributed by atoms with Crippen molar-refractivity contribution in [2.24, 2.45) is 17.8 Å². The zero-order chi connectivity index (χ0) is 34.8. The molecule has 6 atom stereocenters. The van der Waals surface area contributed by atoms with E-state index in [2.05, 4.69) is 49.8 Å². The third-order valence-electron chi connectivity index (χ3n) is 9.95. The maximum Gasteiger partial charge on any atom is 0.407 e. The molecule has 1 aliphatic heterocycles. The summed E-state index contributed by atoms with van der Waals surface area (Å²) in [5.74, 6) is 7.80. The summed E-state index contributed by atoms with van der Waals surface area (Å²) in [5.41, 5.74) is -0.374. The van der Waals surface area contributed by atoms with Crippen molar-refractivity contribution in [1.82, 2.24) is 14.9 Å². The number of unbranched alkanes of at least 4 members (excludes halogenated alkanes) is 3. The molecule has 2 heterocycles. The van der Waals surface area contributed by atoms with E-state index < -0.39 is 44.2 Å². The number of ether oxygens (including phenoxy) is 3. The highest BCUT2D eigenvalue weighted by molar-refractivity contribution is 6.70. The SMILES string of the molecule is CC(=O)O[C@@H]1C[C@H](n2cc(C)c(=O)[nH]c2=O)O[C@@H]1CO[Si](OCCCCCCNC(=O)OCC1[C@H]2CCC#CCC[C@@H]12)(C(C)C)C(C)C. The molecule has 48 heavy (non-hydrogen) atoms. The number of hydrogen-bond donors (Lipinski definition) is 2. The molecule has 0 radical (unpaired) electrons. The van der Waals surface area contributed by atoms with Gasteiger partial charge in [-0.25, -0.2) is 9.59 Å². The number of nitrogens with zero attached hydrogens (tertiary/aromatic N) is 1. The molecule has 4 rings (SSSR count). The molecule has 12 nitrogen and oxygen atoms in total. The van der Waals surface area contributed by atoms with Crippen molar-refractivity contribution in [2.75, 3.05) is 26.4 Å². The Bertz CT molecular complexity index is 1390. The van der Waals surface area contributed by atoms with E-state index in [0.717, 1.165) is 51.4 Å². The van der Waals surface area contributed by atoms with Crippen LogP contribution in [0.2, 0.25) is 11.1 Å². The van der Waals surface area contributed by atoms with Crippen LogP contribution in [0.1, 0.15) is 104 Å². The normalized spacial score (nSPS) is 25.1. The van der Waals surface area contributed by atoms with Gasteiger partial charge in [0.25, 0.3) is 5.56 Å². The first-order valence-electron chi connectivity index (χ1n) is 17.7. The van der Waals surface area contributed by atoms with Crippen LogP contribution in [0.3, 0.4) is 0 Å². The van der Waals surface area contributed by atoms with E-state index in [-0.39, 0.29) is 30.2 Å². The summed E-state index contributed by atoms with van der Waals surface area (Å²) >= 11 is 0. The van der Waals surface area contributed by atoms with Crippen LogP contribution < -0.4 is 16.6 Å². The van der Waals surface area contributed by atoms with E-state index in [9.17, 15) is 19.2 Å². The van der Waals surface area contributed by atoms with Crippen molar-refractivity contribution in [3.8, 4) is 11.8 Å². The Morgan fingerprint density at radius 1 is 1.02 bits per heavy atom. The monoisotopic (exact) mass is 689 g/mol. The molecule has 268 valence electrons. The van der Waals surface area contributed by atoms with E-state index in [1.807, 2.05) is 0 Å². The fraction of sp³-hybridized carbons (Fsp3) is 0.771.